The molecule has 0 fully saturated rings. The largest absolute Gasteiger partial charge is 0.458 e. The molecule has 103 heavy (non-hydrogen) atoms. The first-order chi connectivity index (χ1) is 49.5. The van der Waals surface area contributed by atoms with Crippen LogP contribution in [0.3, 0.4) is 0 Å². The number of rotatable bonds is 11. The summed E-state index contributed by atoms with van der Waals surface area (Å²) in [4.78, 5) is 12.6. The van der Waals surface area contributed by atoms with E-state index in [1.165, 1.54) is 63.8 Å². The van der Waals surface area contributed by atoms with Crippen molar-refractivity contribution in [1.82, 2.24) is 0 Å². The van der Waals surface area contributed by atoms with Crippen LogP contribution in [0.25, 0.3) is 20.2 Å². The lowest BCUT2D eigenvalue weighted by Crippen LogP contribution is -2.61. The lowest BCUT2D eigenvalue weighted by molar-refractivity contribution is 0.488. The van der Waals surface area contributed by atoms with Gasteiger partial charge in [-0.25, -0.2) is 0 Å². The van der Waals surface area contributed by atoms with Crippen LogP contribution in [0, 0.1) is 0 Å². The molecule has 0 amide bonds. The van der Waals surface area contributed by atoms with Gasteiger partial charge < -0.3 is 29.2 Å². The highest BCUT2D eigenvalue weighted by Gasteiger charge is 2.48. The third-order valence-corrected chi connectivity index (χ3v) is 23.6. The van der Waals surface area contributed by atoms with Crippen LogP contribution in [-0.4, -0.2) is 13.4 Å². The molecule has 3 aliphatic heterocycles. The topological polar surface area (TPSA) is 25.4 Å². The molecule has 12 aromatic carbocycles. The summed E-state index contributed by atoms with van der Waals surface area (Å²) in [6.45, 7) is 29.6. The van der Waals surface area contributed by atoms with Crippen LogP contribution in [0.4, 0.5) is 85.3 Å². The van der Waals surface area contributed by atoms with Crippen molar-refractivity contribution < 1.29 is 4.74 Å². The van der Waals surface area contributed by atoms with E-state index in [1.54, 1.807) is 11.3 Å². The summed E-state index contributed by atoms with van der Waals surface area (Å²) < 4.78 is 11.8. The lowest BCUT2D eigenvalue weighted by atomic mass is 9.34. The molecule has 0 aliphatic carbocycles. The fraction of sp³-hybridized carbons (Fsp3) is 0.183. The summed E-state index contributed by atoms with van der Waals surface area (Å²) in [5, 5.41) is 4.78. The van der Waals surface area contributed by atoms with Crippen LogP contribution in [0.15, 0.2) is 278 Å². The van der Waals surface area contributed by atoms with Gasteiger partial charge in [0.2, 0.25) is 6.71 Å². The molecule has 2 aromatic heterocycles. The van der Waals surface area contributed by atoms with Gasteiger partial charge in [-0.3, -0.25) is 0 Å². The summed E-state index contributed by atoms with van der Waals surface area (Å²) in [6, 6.07) is 103. The molecule has 10 heteroatoms. The van der Waals surface area contributed by atoms with Crippen molar-refractivity contribution in [3.63, 3.8) is 0 Å². The maximum absolute atomic E-state index is 7.96. The Kier molecular flexibility index (Phi) is 15.9. The highest BCUT2D eigenvalue weighted by atomic mass is 32.1. The summed E-state index contributed by atoms with van der Waals surface area (Å²) >= 11 is 3.72. The van der Waals surface area contributed by atoms with Gasteiger partial charge in [-0.15, -0.1) is 22.7 Å². The number of anilines is 15. The van der Waals surface area contributed by atoms with Crippen molar-refractivity contribution in [2.75, 3.05) is 24.5 Å². The van der Waals surface area contributed by atoms with Gasteiger partial charge in [-0.1, -0.05) is 236 Å². The van der Waals surface area contributed by atoms with Crippen molar-refractivity contribution in [3.05, 3.63) is 301 Å². The molecule has 0 atom stereocenters. The third kappa shape index (κ3) is 11.5. The minimum absolute atomic E-state index is 0.0308. The second-order valence-corrected chi connectivity index (χ2v) is 34.3. The van der Waals surface area contributed by atoms with E-state index >= 15 is 0 Å². The van der Waals surface area contributed by atoms with Crippen molar-refractivity contribution in [2.24, 2.45) is 0 Å². The van der Waals surface area contributed by atoms with Gasteiger partial charge in [-0.2, -0.15) is 0 Å². The number of fused-ring (bicyclic) bond motifs is 9. The Morgan fingerprint density at radius 1 is 0.340 bits per heavy atom. The average Bonchev–Trinajstić information content (AvgIpc) is 1.68. The summed E-state index contributed by atoms with van der Waals surface area (Å²) in [5.41, 5.74) is 26.1. The van der Waals surface area contributed by atoms with Gasteiger partial charge in [0.15, 0.2) is 0 Å². The number of benzene rings is 12. The highest BCUT2D eigenvalue weighted by Crippen LogP contribution is 2.53. The number of hydrogen-bond donors (Lipinski definition) is 0. The third-order valence-electron chi connectivity index (χ3n) is 21.4. The molecular weight excluding hydrogens is 1290 g/mol. The molecule has 0 unspecified atom stereocenters. The zero-order valence-corrected chi connectivity index (χ0v) is 62.8. The quantitative estimate of drug-likeness (QED) is 0.120. The first-order valence-electron chi connectivity index (χ1n) is 36.3. The van der Waals surface area contributed by atoms with Crippen LogP contribution in [0.1, 0.15) is 105 Å². The SMILES string of the molecule is CB1c2cc3c(cc2Oc2cc(N(c4ccc(C(C)(C)C)cc4)c4ccc(C(C)(C)C)cc4)cc(N(c4ccccc4)c4csc5ccccc45)c21)N(c1ccccc1)c1cc(N(c2ccc(C(C)(C)C)cc2)c2ccc(C(C)(C)C)cc2)cc2c1B3c1sc3ccccc3c1N2c1ccccc1. The minimum atomic E-state index is -0.173. The van der Waals surface area contributed by atoms with E-state index < -0.39 is 0 Å². The second kappa shape index (κ2) is 24.9. The van der Waals surface area contributed by atoms with Gasteiger partial charge in [0.1, 0.15) is 11.5 Å². The Bertz CT molecular complexity index is 5440. The molecule has 0 N–H and O–H groups in total. The van der Waals surface area contributed by atoms with Gasteiger partial charge >= 0.3 is 0 Å². The highest BCUT2D eigenvalue weighted by molar-refractivity contribution is 7.33. The molecular formula is C93H85B2N5OS2. The molecule has 0 saturated heterocycles. The Morgan fingerprint density at radius 3 is 1.27 bits per heavy atom. The molecule has 0 saturated carbocycles. The Balaban J connectivity index is 0.939. The van der Waals surface area contributed by atoms with Crippen molar-refractivity contribution >= 4 is 168 Å². The predicted octanol–water partition coefficient (Wildman–Crippen LogP) is 24.1. The van der Waals surface area contributed by atoms with Crippen LogP contribution in [0.5, 0.6) is 11.5 Å². The standard InChI is InChI=1S/C93H85B2N5OS2/c1-90(2,3)60-37-45-67(46-38-60)96(68-47-39-61(40-48-68)91(4,5)6)71-53-78-86-79(54-71)100(66-31-21-16-22-32-66)88-74-34-24-26-36-85(74)103-89(88)95(86)75-57-76-82(58-77(75)98(78)64-27-17-14-18-28-64)101-83-56-72(97(69-49-41-62(42-50-69)92(7,8)9)70-51-43-63(44-52-70)93(10,11)12)55-80(87(83)94(76)13)99(65-29-19-15-20-30-65)81-59-102-84-35-25-23-33-73(81)84/h14-59H,1-13H3. The Labute approximate surface area is 616 Å². The fourth-order valence-electron chi connectivity index (χ4n) is 15.9. The fourth-order valence-corrected chi connectivity index (χ4v) is 18.1. The van der Waals surface area contributed by atoms with Crippen LogP contribution < -0.4 is 55.9 Å². The van der Waals surface area contributed by atoms with E-state index in [1.807, 2.05) is 11.3 Å². The first-order valence-corrected chi connectivity index (χ1v) is 38.0. The summed E-state index contributed by atoms with van der Waals surface area (Å²) in [7, 11) is 0. The number of thiophene rings is 2. The second-order valence-electron chi connectivity index (χ2n) is 32.3. The minimum Gasteiger partial charge on any atom is -0.458 e. The van der Waals surface area contributed by atoms with E-state index in [4.69, 9.17) is 4.74 Å². The van der Waals surface area contributed by atoms with Crippen LogP contribution in [0.2, 0.25) is 6.82 Å². The maximum Gasteiger partial charge on any atom is 0.264 e. The molecule has 3 aliphatic rings. The van der Waals surface area contributed by atoms with Gasteiger partial charge in [0, 0.05) is 105 Å². The number of hydrogen-bond acceptors (Lipinski definition) is 8. The number of nitrogens with zero attached hydrogens (tertiary/aromatic N) is 5. The van der Waals surface area contributed by atoms with E-state index in [2.05, 4.69) is 393 Å². The van der Waals surface area contributed by atoms with E-state index in [-0.39, 0.29) is 35.1 Å². The number of ether oxygens (including phenoxy) is 1. The lowest BCUT2D eigenvalue weighted by Gasteiger charge is -2.44. The first kappa shape index (κ1) is 65.8. The molecule has 0 spiro atoms. The average molecular weight is 1370 g/mol. The molecule has 6 nitrogen and oxygen atoms in total. The smallest absolute Gasteiger partial charge is 0.264 e. The van der Waals surface area contributed by atoms with Crippen LogP contribution in [-0.2, 0) is 21.7 Å². The maximum atomic E-state index is 7.96. The van der Waals surface area contributed by atoms with Crippen LogP contribution >= 0.6 is 22.7 Å². The van der Waals surface area contributed by atoms with Gasteiger partial charge in [-0.05, 0) is 181 Å². The zero-order chi connectivity index (χ0) is 71.0. The van der Waals surface area contributed by atoms with E-state index in [0.717, 1.165) is 102 Å². The summed E-state index contributed by atoms with van der Waals surface area (Å²) in [5.74, 6) is 1.65. The Morgan fingerprint density at radius 2 is 0.767 bits per heavy atom. The monoisotopic (exact) mass is 1370 g/mol. The van der Waals surface area contributed by atoms with Gasteiger partial charge in [0.05, 0.1) is 22.7 Å². The van der Waals surface area contributed by atoms with E-state index in [9.17, 15) is 0 Å². The molecule has 5 heterocycles. The molecule has 506 valence electrons. The van der Waals surface area contributed by atoms with Crippen molar-refractivity contribution in [1.29, 1.82) is 0 Å². The van der Waals surface area contributed by atoms with Gasteiger partial charge in [0.25, 0.3) is 6.71 Å². The normalized spacial score (nSPS) is 13.3. The molecule has 17 rings (SSSR count). The van der Waals surface area contributed by atoms with E-state index in [0.29, 0.717) is 0 Å². The molecule has 14 aromatic rings. The zero-order valence-electron chi connectivity index (χ0n) is 61.2. The van der Waals surface area contributed by atoms with Crippen molar-refractivity contribution in [3.8, 4) is 11.5 Å². The summed E-state index contributed by atoms with van der Waals surface area (Å²) in [6.07, 6.45) is 0. The predicted molar refractivity (Wildman–Crippen MR) is 447 cm³/mol. The molecule has 0 bridgehead atoms. The number of para-hydroxylation sites is 3. The van der Waals surface area contributed by atoms with Crippen molar-refractivity contribution in [2.45, 2.75) is 112 Å². The Hall–Kier alpha value is -10.5. The molecule has 0 radical (unpaired) electrons.